The molecule has 1 heterocycles. The SMILES string of the molecule is Nc1cn(CC2CCC2)cn1. The maximum absolute atomic E-state index is 5.48. The number of hydrogen-bond donors (Lipinski definition) is 1. The summed E-state index contributed by atoms with van der Waals surface area (Å²) < 4.78 is 2.08. The second kappa shape index (κ2) is 2.57. The van der Waals surface area contributed by atoms with Gasteiger partial charge < -0.3 is 10.3 Å². The molecule has 11 heavy (non-hydrogen) atoms. The Bertz CT molecular complexity index is 237. The van der Waals surface area contributed by atoms with Crippen molar-refractivity contribution in [2.24, 2.45) is 5.92 Å². The summed E-state index contributed by atoms with van der Waals surface area (Å²) >= 11 is 0. The van der Waals surface area contributed by atoms with Crippen LogP contribution >= 0.6 is 0 Å². The molecule has 1 aromatic rings. The minimum atomic E-state index is 0.629. The highest BCUT2D eigenvalue weighted by molar-refractivity contribution is 5.22. The zero-order valence-electron chi connectivity index (χ0n) is 6.53. The standard InChI is InChI=1S/C8H13N3/c9-8-5-11(6-10-8)4-7-2-1-3-7/h5-7H,1-4,9H2. The molecule has 1 fully saturated rings. The van der Waals surface area contributed by atoms with Gasteiger partial charge in [-0.15, -0.1) is 0 Å². The van der Waals surface area contributed by atoms with Gasteiger partial charge >= 0.3 is 0 Å². The third-order valence-electron chi connectivity index (χ3n) is 2.35. The van der Waals surface area contributed by atoms with Crippen molar-refractivity contribution >= 4 is 5.82 Å². The minimum Gasteiger partial charge on any atom is -0.382 e. The van der Waals surface area contributed by atoms with Gasteiger partial charge in [0.15, 0.2) is 0 Å². The fourth-order valence-corrected chi connectivity index (χ4v) is 1.45. The molecule has 2 N–H and O–H groups in total. The zero-order chi connectivity index (χ0) is 7.68. The van der Waals surface area contributed by atoms with Crippen molar-refractivity contribution < 1.29 is 0 Å². The summed E-state index contributed by atoms with van der Waals surface area (Å²) in [5.41, 5.74) is 5.48. The highest BCUT2D eigenvalue weighted by Gasteiger charge is 2.17. The second-order valence-electron chi connectivity index (χ2n) is 3.29. The number of nitrogens with two attached hydrogens (primary N) is 1. The van der Waals surface area contributed by atoms with Crippen molar-refractivity contribution in [1.29, 1.82) is 0 Å². The normalized spacial score (nSPS) is 18.2. The van der Waals surface area contributed by atoms with Crippen LogP contribution < -0.4 is 5.73 Å². The second-order valence-corrected chi connectivity index (χ2v) is 3.29. The highest BCUT2D eigenvalue weighted by atomic mass is 15.1. The maximum atomic E-state index is 5.48. The number of rotatable bonds is 2. The van der Waals surface area contributed by atoms with E-state index in [1.807, 2.05) is 12.5 Å². The Morgan fingerprint density at radius 2 is 2.45 bits per heavy atom. The molecule has 2 rings (SSSR count). The van der Waals surface area contributed by atoms with Gasteiger partial charge in [-0.25, -0.2) is 4.98 Å². The molecule has 0 atom stereocenters. The van der Waals surface area contributed by atoms with E-state index < -0.39 is 0 Å². The number of nitrogen functional groups attached to an aromatic ring is 1. The lowest BCUT2D eigenvalue weighted by molar-refractivity contribution is 0.276. The first-order valence-corrected chi connectivity index (χ1v) is 4.12. The number of nitrogens with zero attached hydrogens (tertiary/aromatic N) is 2. The predicted octanol–water partition coefficient (Wildman–Crippen LogP) is 1.27. The maximum Gasteiger partial charge on any atom is 0.141 e. The lowest BCUT2D eigenvalue weighted by Gasteiger charge is -2.25. The molecule has 0 unspecified atom stereocenters. The monoisotopic (exact) mass is 151 g/mol. The molecular formula is C8H13N3. The summed E-state index contributed by atoms with van der Waals surface area (Å²) in [5, 5.41) is 0. The summed E-state index contributed by atoms with van der Waals surface area (Å²) in [6.45, 7) is 1.10. The summed E-state index contributed by atoms with van der Waals surface area (Å²) in [4.78, 5) is 3.97. The lowest BCUT2D eigenvalue weighted by atomic mass is 9.85. The van der Waals surface area contributed by atoms with E-state index in [0.29, 0.717) is 5.82 Å². The van der Waals surface area contributed by atoms with E-state index in [-0.39, 0.29) is 0 Å². The van der Waals surface area contributed by atoms with E-state index in [9.17, 15) is 0 Å². The van der Waals surface area contributed by atoms with E-state index in [4.69, 9.17) is 5.73 Å². The fraction of sp³-hybridized carbons (Fsp3) is 0.625. The Kier molecular flexibility index (Phi) is 1.56. The number of anilines is 1. The molecular weight excluding hydrogens is 138 g/mol. The van der Waals surface area contributed by atoms with Crippen LogP contribution in [-0.4, -0.2) is 9.55 Å². The molecule has 0 spiro atoms. The van der Waals surface area contributed by atoms with E-state index in [2.05, 4.69) is 9.55 Å². The molecule has 1 saturated carbocycles. The molecule has 1 aromatic heterocycles. The van der Waals surface area contributed by atoms with Crippen molar-refractivity contribution in [2.45, 2.75) is 25.8 Å². The Morgan fingerprint density at radius 1 is 1.64 bits per heavy atom. The van der Waals surface area contributed by atoms with Crippen molar-refractivity contribution in [3.63, 3.8) is 0 Å². The van der Waals surface area contributed by atoms with Crippen LogP contribution in [0, 0.1) is 5.92 Å². The molecule has 0 aromatic carbocycles. The van der Waals surface area contributed by atoms with E-state index in [0.717, 1.165) is 12.5 Å². The van der Waals surface area contributed by atoms with Crippen molar-refractivity contribution in [2.75, 3.05) is 5.73 Å². The first-order chi connectivity index (χ1) is 5.34. The van der Waals surface area contributed by atoms with Gasteiger partial charge in [-0.3, -0.25) is 0 Å². The smallest absolute Gasteiger partial charge is 0.141 e. The van der Waals surface area contributed by atoms with Crippen LogP contribution in [0.4, 0.5) is 5.82 Å². The van der Waals surface area contributed by atoms with Crippen LogP contribution in [0.1, 0.15) is 19.3 Å². The summed E-state index contributed by atoms with van der Waals surface area (Å²) in [6, 6.07) is 0. The van der Waals surface area contributed by atoms with Crippen molar-refractivity contribution in [1.82, 2.24) is 9.55 Å². The van der Waals surface area contributed by atoms with Crippen LogP contribution in [-0.2, 0) is 6.54 Å². The van der Waals surface area contributed by atoms with E-state index in [1.54, 1.807) is 0 Å². The zero-order valence-corrected chi connectivity index (χ0v) is 6.53. The highest BCUT2D eigenvalue weighted by Crippen LogP contribution is 2.27. The van der Waals surface area contributed by atoms with Gasteiger partial charge in [-0.1, -0.05) is 6.42 Å². The Labute approximate surface area is 66.2 Å². The van der Waals surface area contributed by atoms with Crippen LogP contribution in [0.5, 0.6) is 0 Å². The Balaban J connectivity index is 1.95. The van der Waals surface area contributed by atoms with Crippen LogP contribution in [0.2, 0.25) is 0 Å². The predicted molar refractivity (Wildman–Crippen MR) is 44.0 cm³/mol. The molecule has 0 bridgehead atoms. The average molecular weight is 151 g/mol. The summed E-state index contributed by atoms with van der Waals surface area (Å²) in [7, 11) is 0. The fourth-order valence-electron chi connectivity index (χ4n) is 1.45. The van der Waals surface area contributed by atoms with Gasteiger partial charge in [-0.05, 0) is 18.8 Å². The van der Waals surface area contributed by atoms with Crippen molar-refractivity contribution in [3.8, 4) is 0 Å². The van der Waals surface area contributed by atoms with Gasteiger partial charge in [-0.2, -0.15) is 0 Å². The molecule has 0 saturated heterocycles. The number of aromatic nitrogens is 2. The van der Waals surface area contributed by atoms with Crippen LogP contribution in [0.25, 0.3) is 0 Å². The van der Waals surface area contributed by atoms with E-state index in [1.165, 1.54) is 19.3 Å². The Morgan fingerprint density at radius 3 is 2.91 bits per heavy atom. The van der Waals surface area contributed by atoms with Crippen LogP contribution in [0.15, 0.2) is 12.5 Å². The van der Waals surface area contributed by atoms with Crippen LogP contribution in [0.3, 0.4) is 0 Å². The largest absolute Gasteiger partial charge is 0.382 e. The van der Waals surface area contributed by atoms with Gasteiger partial charge in [0.1, 0.15) is 5.82 Å². The molecule has 3 heteroatoms. The molecule has 1 aliphatic rings. The molecule has 0 amide bonds. The first-order valence-electron chi connectivity index (χ1n) is 4.12. The molecule has 0 radical (unpaired) electrons. The van der Waals surface area contributed by atoms with Crippen molar-refractivity contribution in [3.05, 3.63) is 12.5 Å². The average Bonchev–Trinajstić information content (AvgIpc) is 2.27. The van der Waals surface area contributed by atoms with E-state index >= 15 is 0 Å². The number of imidazole rings is 1. The topological polar surface area (TPSA) is 43.8 Å². The summed E-state index contributed by atoms with van der Waals surface area (Å²) in [6.07, 6.45) is 7.86. The van der Waals surface area contributed by atoms with Gasteiger partial charge in [0, 0.05) is 12.7 Å². The summed E-state index contributed by atoms with van der Waals surface area (Å²) in [5.74, 6) is 1.51. The molecule has 60 valence electrons. The molecule has 3 nitrogen and oxygen atoms in total. The number of hydrogen-bond acceptors (Lipinski definition) is 2. The minimum absolute atomic E-state index is 0.629. The van der Waals surface area contributed by atoms with Gasteiger partial charge in [0.25, 0.3) is 0 Å². The third-order valence-corrected chi connectivity index (χ3v) is 2.35. The van der Waals surface area contributed by atoms with Gasteiger partial charge in [0.05, 0.1) is 6.33 Å². The lowest BCUT2D eigenvalue weighted by Crippen LogP contribution is -2.16. The first kappa shape index (κ1) is 6.70. The third kappa shape index (κ3) is 1.37. The Hall–Kier alpha value is -0.990. The molecule has 1 aliphatic carbocycles. The quantitative estimate of drug-likeness (QED) is 0.691. The molecule has 0 aliphatic heterocycles. The van der Waals surface area contributed by atoms with Gasteiger partial charge in [0.2, 0.25) is 0 Å².